The molecule has 1 aliphatic heterocycles. The van der Waals surface area contributed by atoms with E-state index in [1.165, 1.54) is 5.01 Å². The number of hydrazine groups is 1. The summed E-state index contributed by atoms with van der Waals surface area (Å²) in [5.74, 6) is 0.204. The third kappa shape index (κ3) is 2.24. The van der Waals surface area contributed by atoms with E-state index < -0.39 is 6.04 Å². The molecule has 0 aliphatic carbocycles. The van der Waals surface area contributed by atoms with Crippen LogP contribution in [0.2, 0.25) is 5.02 Å². The molecule has 1 aromatic rings. The fourth-order valence-corrected chi connectivity index (χ4v) is 1.99. The summed E-state index contributed by atoms with van der Waals surface area (Å²) in [6.07, 6.45) is 2.10. The fourth-order valence-electron chi connectivity index (χ4n) is 1.77. The highest BCUT2D eigenvalue weighted by Gasteiger charge is 2.36. The lowest BCUT2D eigenvalue weighted by Crippen LogP contribution is -2.43. The molecule has 1 atom stereocenters. The topological polar surface area (TPSA) is 62.3 Å². The predicted molar refractivity (Wildman–Crippen MR) is 63.6 cm³/mol. The monoisotopic (exact) mass is 253 g/mol. The van der Waals surface area contributed by atoms with Gasteiger partial charge in [-0.1, -0.05) is 18.5 Å². The number of halogens is 1. The van der Waals surface area contributed by atoms with Crippen molar-refractivity contribution in [3.63, 3.8) is 0 Å². The predicted octanol–water partition coefficient (Wildman–Crippen LogP) is 1.32. The number of aromatic nitrogens is 1. The van der Waals surface area contributed by atoms with E-state index in [1.807, 2.05) is 0 Å². The van der Waals surface area contributed by atoms with Crippen LogP contribution in [0.5, 0.6) is 0 Å². The van der Waals surface area contributed by atoms with E-state index in [0.717, 1.165) is 0 Å². The Hall–Kier alpha value is -1.62. The summed E-state index contributed by atoms with van der Waals surface area (Å²) in [6, 6.07) is 2.85. The van der Waals surface area contributed by atoms with Gasteiger partial charge < -0.3 is 0 Å². The normalized spacial score (nSPS) is 19.3. The molecule has 17 heavy (non-hydrogen) atoms. The van der Waals surface area contributed by atoms with Gasteiger partial charge in [-0.05, 0) is 12.1 Å². The lowest BCUT2D eigenvalue weighted by molar-refractivity contribution is -0.122. The first-order valence-electron chi connectivity index (χ1n) is 5.35. The number of hydrogen-bond donors (Lipinski definition) is 1. The van der Waals surface area contributed by atoms with Crippen LogP contribution < -0.4 is 10.4 Å². The minimum atomic E-state index is -0.514. The molecular weight excluding hydrogens is 242 g/mol. The average Bonchev–Trinajstić information content (AvgIpc) is 2.71. The van der Waals surface area contributed by atoms with Crippen molar-refractivity contribution >= 4 is 29.1 Å². The average molecular weight is 254 g/mol. The summed E-state index contributed by atoms with van der Waals surface area (Å²) in [4.78, 5) is 27.2. The molecule has 0 radical (unpaired) electrons. The van der Waals surface area contributed by atoms with E-state index in [9.17, 15) is 9.59 Å². The van der Waals surface area contributed by atoms with Crippen LogP contribution in [-0.4, -0.2) is 22.7 Å². The van der Waals surface area contributed by atoms with Gasteiger partial charge in [-0.3, -0.25) is 20.0 Å². The van der Waals surface area contributed by atoms with E-state index in [-0.39, 0.29) is 18.1 Å². The highest BCUT2D eigenvalue weighted by atomic mass is 35.5. The molecule has 5 nitrogen and oxygen atoms in total. The Kier molecular flexibility index (Phi) is 3.28. The molecule has 2 heterocycles. The van der Waals surface area contributed by atoms with Crippen molar-refractivity contribution < 1.29 is 9.59 Å². The zero-order valence-corrected chi connectivity index (χ0v) is 10.1. The van der Waals surface area contributed by atoms with Gasteiger partial charge in [0.1, 0.15) is 6.04 Å². The third-order valence-corrected chi connectivity index (χ3v) is 2.92. The first-order chi connectivity index (χ1) is 8.13. The van der Waals surface area contributed by atoms with Crippen molar-refractivity contribution in [2.45, 2.75) is 25.8 Å². The molecule has 90 valence electrons. The Morgan fingerprint density at radius 3 is 3.12 bits per heavy atom. The Labute approximate surface area is 104 Å². The number of nitrogens with one attached hydrogen (secondary N) is 1. The molecule has 1 saturated heterocycles. The summed E-state index contributed by atoms with van der Waals surface area (Å²) in [6.45, 7) is 1.77. The molecule has 1 amide bonds. The summed E-state index contributed by atoms with van der Waals surface area (Å²) in [7, 11) is 0. The van der Waals surface area contributed by atoms with E-state index in [0.29, 0.717) is 17.3 Å². The molecule has 0 spiro atoms. The maximum absolute atomic E-state index is 11.7. The smallest absolute Gasteiger partial charge is 0.241 e. The summed E-state index contributed by atoms with van der Waals surface area (Å²) in [5, 5.41) is 1.86. The minimum Gasteiger partial charge on any atom is -0.297 e. The van der Waals surface area contributed by atoms with Crippen LogP contribution in [0.3, 0.4) is 0 Å². The number of carbonyl (C=O) groups excluding carboxylic acids is 2. The molecule has 6 heteroatoms. The van der Waals surface area contributed by atoms with Gasteiger partial charge in [0.2, 0.25) is 5.91 Å². The molecule has 1 fully saturated rings. The van der Waals surface area contributed by atoms with Crippen LogP contribution in [0, 0.1) is 0 Å². The number of rotatable bonds is 3. The Morgan fingerprint density at radius 1 is 1.71 bits per heavy atom. The van der Waals surface area contributed by atoms with Crippen molar-refractivity contribution in [1.82, 2.24) is 10.4 Å². The van der Waals surface area contributed by atoms with Crippen LogP contribution in [0.1, 0.15) is 19.8 Å². The molecule has 0 bridgehead atoms. The van der Waals surface area contributed by atoms with E-state index in [2.05, 4.69) is 10.4 Å². The van der Waals surface area contributed by atoms with Crippen molar-refractivity contribution in [3.05, 3.63) is 23.4 Å². The van der Waals surface area contributed by atoms with Crippen molar-refractivity contribution in [2.24, 2.45) is 0 Å². The molecular formula is C11H12ClN3O2. The SMILES string of the molecule is CCC(=O)C1CC(=O)NN1c1ncccc1Cl. The maximum Gasteiger partial charge on any atom is 0.241 e. The Morgan fingerprint density at radius 2 is 2.47 bits per heavy atom. The van der Waals surface area contributed by atoms with Gasteiger partial charge in [0.05, 0.1) is 11.4 Å². The number of anilines is 1. The first kappa shape index (κ1) is 11.9. The van der Waals surface area contributed by atoms with Gasteiger partial charge >= 0.3 is 0 Å². The second kappa shape index (κ2) is 4.71. The van der Waals surface area contributed by atoms with Crippen molar-refractivity contribution in [2.75, 3.05) is 5.01 Å². The van der Waals surface area contributed by atoms with Gasteiger partial charge in [0.25, 0.3) is 0 Å². The minimum absolute atomic E-state index is 0.00919. The number of hydrogen-bond acceptors (Lipinski definition) is 4. The zero-order valence-electron chi connectivity index (χ0n) is 9.31. The lowest BCUT2D eigenvalue weighted by Gasteiger charge is -2.23. The van der Waals surface area contributed by atoms with Gasteiger partial charge in [0.15, 0.2) is 11.6 Å². The molecule has 1 aliphatic rings. The molecule has 1 N–H and O–H groups in total. The largest absolute Gasteiger partial charge is 0.297 e. The summed E-state index contributed by atoms with van der Waals surface area (Å²) < 4.78 is 0. The van der Waals surface area contributed by atoms with Crippen LogP contribution in [-0.2, 0) is 9.59 Å². The van der Waals surface area contributed by atoms with Crippen molar-refractivity contribution in [1.29, 1.82) is 0 Å². The summed E-state index contributed by atoms with van der Waals surface area (Å²) in [5.41, 5.74) is 2.60. The molecule has 0 aromatic carbocycles. The third-order valence-electron chi connectivity index (χ3n) is 2.62. The van der Waals surface area contributed by atoms with Gasteiger partial charge in [-0.25, -0.2) is 4.98 Å². The number of pyridine rings is 1. The number of ketones is 1. The quantitative estimate of drug-likeness (QED) is 0.883. The van der Waals surface area contributed by atoms with E-state index in [1.54, 1.807) is 25.3 Å². The molecule has 0 saturated carbocycles. The second-order valence-electron chi connectivity index (χ2n) is 3.75. The number of carbonyl (C=O) groups is 2. The number of Topliss-reactive ketones (excluding diaryl/α,β-unsaturated/α-hetero) is 1. The van der Waals surface area contributed by atoms with Crippen LogP contribution in [0.15, 0.2) is 18.3 Å². The highest BCUT2D eigenvalue weighted by molar-refractivity contribution is 6.33. The van der Waals surface area contributed by atoms with E-state index >= 15 is 0 Å². The zero-order chi connectivity index (χ0) is 12.4. The van der Waals surface area contributed by atoms with Gasteiger partial charge in [-0.15, -0.1) is 0 Å². The maximum atomic E-state index is 11.7. The molecule has 1 aromatic heterocycles. The van der Waals surface area contributed by atoms with Crippen molar-refractivity contribution in [3.8, 4) is 0 Å². The number of nitrogens with zero attached hydrogens (tertiary/aromatic N) is 2. The first-order valence-corrected chi connectivity index (χ1v) is 5.73. The molecule has 2 rings (SSSR count). The lowest BCUT2D eigenvalue weighted by atomic mass is 10.1. The Balaban J connectivity index is 2.33. The standard InChI is InChI=1S/C11H12ClN3O2/c1-2-9(16)8-6-10(17)14-15(8)11-7(12)4-3-5-13-11/h3-5,8H,2,6H2,1H3,(H,14,17). The van der Waals surface area contributed by atoms with Gasteiger partial charge in [-0.2, -0.15) is 0 Å². The summed E-state index contributed by atoms with van der Waals surface area (Å²) >= 11 is 6.00. The van der Waals surface area contributed by atoms with Crippen LogP contribution in [0.4, 0.5) is 5.82 Å². The van der Waals surface area contributed by atoms with E-state index in [4.69, 9.17) is 11.6 Å². The van der Waals surface area contributed by atoms with Crippen LogP contribution >= 0.6 is 11.6 Å². The molecule has 1 unspecified atom stereocenters. The Bertz CT molecular complexity index is 464. The fraction of sp³-hybridized carbons (Fsp3) is 0.364. The number of amides is 1. The van der Waals surface area contributed by atoms with Crippen LogP contribution in [0.25, 0.3) is 0 Å². The second-order valence-corrected chi connectivity index (χ2v) is 4.16. The van der Waals surface area contributed by atoms with Gasteiger partial charge in [0, 0.05) is 12.6 Å². The highest BCUT2D eigenvalue weighted by Crippen LogP contribution is 2.26.